The van der Waals surface area contributed by atoms with Gasteiger partial charge in [0.2, 0.25) is 0 Å². The molecule has 1 atom stereocenters. The molecule has 1 aliphatic carbocycles. The van der Waals surface area contributed by atoms with Crippen molar-refractivity contribution < 1.29 is 4.79 Å². The molecule has 2 aliphatic rings. The van der Waals surface area contributed by atoms with Crippen molar-refractivity contribution in [1.29, 1.82) is 0 Å². The van der Waals surface area contributed by atoms with Gasteiger partial charge in [-0.2, -0.15) is 0 Å². The van der Waals surface area contributed by atoms with Gasteiger partial charge >= 0.3 is 0 Å². The van der Waals surface area contributed by atoms with Crippen LogP contribution < -0.4 is 0 Å². The predicted octanol–water partition coefficient (Wildman–Crippen LogP) is 1.10. The van der Waals surface area contributed by atoms with E-state index in [1.165, 1.54) is 6.21 Å². The van der Waals surface area contributed by atoms with Crippen molar-refractivity contribution in [2.75, 3.05) is 0 Å². The molecule has 1 unspecified atom stereocenters. The van der Waals surface area contributed by atoms with Crippen molar-refractivity contribution in [3.8, 4) is 0 Å². The molecule has 0 saturated carbocycles. The number of carbonyl (C=O) groups is 1. The van der Waals surface area contributed by atoms with Crippen molar-refractivity contribution in [1.82, 2.24) is 0 Å². The van der Waals surface area contributed by atoms with Crippen LogP contribution in [-0.4, -0.2) is 23.9 Å². The summed E-state index contributed by atoms with van der Waals surface area (Å²) >= 11 is 5.71. The number of hydrogen-bond acceptors (Lipinski definition) is 2. The monoisotopic (exact) mass is 180 g/mol. The van der Waals surface area contributed by atoms with Crippen LogP contribution >= 0.6 is 11.6 Å². The number of halogens is 1. The van der Waals surface area contributed by atoms with E-state index in [1.54, 1.807) is 12.2 Å². The summed E-state index contributed by atoms with van der Waals surface area (Å²) in [5.41, 5.74) is 0.620. The molecule has 0 spiro atoms. The molecule has 0 radical (unpaired) electrons. The third-order valence-electron chi connectivity index (χ3n) is 1.61. The maximum atomic E-state index is 10.8. The topological polar surface area (TPSA) is 41.8 Å². The summed E-state index contributed by atoms with van der Waals surface area (Å²) in [6.45, 7) is 0. The van der Waals surface area contributed by atoms with Crippen molar-refractivity contribution in [3.05, 3.63) is 23.3 Å². The standard InChI is InChI=1S/C8H5ClN2O/c9-5-1-2-6-7(3-5)11-8(12)4-10-6/h1-4,6H. The average molecular weight is 181 g/mol. The minimum absolute atomic E-state index is 0.120. The maximum absolute atomic E-state index is 10.8. The second-order valence-corrected chi connectivity index (χ2v) is 2.92. The van der Waals surface area contributed by atoms with Crippen LogP contribution in [0.15, 0.2) is 33.2 Å². The largest absolute Gasteiger partial charge is 0.288 e. The molecule has 1 amide bonds. The Labute approximate surface area is 74.2 Å². The molecule has 1 heterocycles. The number of allylic oxidation sites excluding steroid dienone is 2. The van der Waals surface area contributed by atoms with Gasteiger partial charge in [-0.15, -0.1) is 0 Å². The van der Waals surface area contributed by atoms with Gasteiger partial charge in [-0.3, -0.25) is 9.79 Å². The minimum Gasteiger partial charge on any atom is -0.273 e. The quantitative estimate of drug-likeness (QED) is 0.551. The van der Waals surface area contributed by atoms with Crippen LogP contribution in [0.2, 0.25) is 0 Å². The highest BCUT2D eigenvalue weighted by Gasteiger charge is 2.18. The summed E-state index contributed by atoms with van der Waals surface area (Å²) in [5, 5.41) is 0.579. The number of amides is 1. The number of nitrogens with zero attached hydrogens (tertiary/aromatic N) is 2. The molecule has 0 saturated heterocycles. The zero-order valence-electron chi connectivity index (χ0n) is 6.07. The van der Waals surface area contributed by atoms with Gasteiger partial charge in [0.25, 0.3) is 5.91 Å². The van der Waals surface area contributed by atoms with E-state index in [0.29, 0.717) is 10.7 Å². The lowest BCUT2D eigenvalue weighted by molar-refractivity contribution is -0.111. The van der Waals surface area contributed by atoms with Gasteiger partial charge in [0.1, 0.15) is 6.04 Å². The van der Waals surface area contributed by atoms with Crippen molar-refractivity contribution >= 4 is 29.4 Å². The molecule has 0 aromatic rings. The Bertz CT molecular complexity index is 352. The first-order valence-corrected chi connectivity index (χ1v) is 3.84. The zero-order valence-corrected chi connectivity index (χ0v) is 6.82. The van der Waals surface area contributed by atoms with Gasteiger partial charge in [0.15, 0.2) is 0 Å². The van der Waals surface area contributed by atoms with Gasteiger partial charge in [-0.1, -0.05) is 17.7 Å². The lowest BCUT2D eigenvalue weighted by Gasteiger charge is -2.14. The van der Waals surface area contributed by atoms with E-state index in [-0.39, 0.29) is 11.9 Å². The van der Waals surface area contributed by atoms with Crippen LogP contribution in [0.1, 0.15) is 0 Å². The van der Waals surface area contributed by atoms with Gasteiger partial charge in [0, 0.05) is 5.03 Å². The summed E-state index contributed by atoms with van der Waals surface area (Å²) in [4.78, 5) is 18.5. The highest BCUT2D eigenvalue weighted by atomic mass is 35.5. The molecule has 4 heteroatoms. The van der Waals surface area contributed by atoms with Crippen molar-refractivity contribution in [2.24, 2.45) is 9.98 Å². The van der Waals surface area contributed by atoms with Crippen LogP contribution in [0, 0.1) is 0 Å². The molecule has 0 fully saturated rings. The molecule has 2 rings (SSSR count). The van der Waals surface area contributed by atoms with E-state index >= 15 is 0 Å². The van der Waals surface area contributed by atoms with Gasteiger partial charge < -0.3 is 0 Å². The summed E-state index contributed by atoms with van der Waals surface area (Å²) in [6.07, 6.45) is 6.44. The third-order valence-corrected chi connectivity index (χ3v) is 1.85. The van der Waals surface area contributed by atoms with E-state index in [1.807, 2.05) is 6.08 Å². The highest BCUT2D eigenvalue weighted by Crippen LogP contribution is 2.15. The zero-order chi connectivity index (χ0) is 8.55. The van der Waals surface area contributed by atoms with Crippen LogP contribution in [0.25, 0.3) is 0 Å². The van der Waals surface area contributed by atoms with Gasteiger partial charge in [-0.05, 0) is 12.2 Å². The number of fused-ring (bicyclic) bond motifs is 1. The van der Waals surface area contributed by atoms with Crippen LogP contribution in [-0.2, 0) is 4.79 Å². The van der Waals surface area contributed by atoms with Gasteiger partial charge in [-0.25, -0.2) is 4.99 Å². The SMILES string of the molecule is O=C1C=NC2C=CC(Cl)=CC2=N1. The van der Waals surface area contributed by atoms with Crippen molar-refractivity contribution in [3.63, 3.8) is 0 Å². The van der Waals surface area contributed by atoms with Crippen LogP contribution in [0.5, 0.6) is 0 Å². The predicted molar refractivity (Wildman–Crippen MR) is 47.8 cm³/mol. The molecule has 0 aromatic heterocycles. The molecular weight excluding hydrogens is 176 g/mol. The van der Waals surface area contributed by atoms with Gasteiger partial charge in [0.05, 0.1) is 11.9 Å². The van der Waals surface area contributed by atoms with Crippen LogP contribution in [0.3, 0.4) is 0 Å². The molecular formula is C8H5ClN2O. The van der Waals surface area contributed by atoms with Crippen LogP contribution in [0.4, 0.5) is 0 Å². The minimum atomic E-state index is -0.322. The third kappa shape index (κ3) is 1.23. The number of rotatable bonds is 0. The summed E-state index contributed by atoms with van der Waals surface area (Å²) in [6, 6.07) is -0.120. The molecule has 0 bridgehead atoms. The average Bonchev–Trinajstić information content (AvgIpc) is 2.03. The number of hydrogen-bond donors (Lipinski definition) is 0. The number of aliphatic imine (C=N–C) groups is 2. The number of carbonyl (C=O) groups excluding carboxylic acids is 1. The Morgan fingerprint density at radius 2 is 2.33 bits per heavy atom. The normalized spacial score (nSPS) is 26.4. The van der Waals surface area contributed by atoms with E-state index in [4.69, 9.17) is 11.6 Å². The first kappa shape index (κ1) is 7.43. The highest BCUT2D eigenvalue weighted by molar-refractivity contribution is 6.36. The van der Waals surface area contributed by atoms with E-state index < -0.39 is 0 Å². The Balaban J connectivity index is 2.40. The Hall–Kier alpha value is -1.22. The molecule has 0 N–H and O–H groups in total. The summed E-state index contributed by atoms with van der Waals surface area (Å²) in [5.74, 6) is -0.322. The molecule has 12 heavy (non-hydrogen) atoms. The molecule has 60 valence electrons. The fraction of sp³-hybridized carbons (Fsp3) is 0.125. The second kappa shape index (κ2) is 2.68. The lowest BCUT2D eigenvalue weighted by atomic mass is 10.1. The Morgan fingerprint density at radius 3 is 3.17 bits per heavy atom. The summed E-state index contributed by atoms with van der Waals surface area (Å²) < 4.78 is 0. The Kier molecular flexibility index (Phi) is 1.66. The smallest absolute Gasteiger partial charge is 0.273 e. The Morgan fingerprint density at radius 1 is 1.50 bits per heavy atom. The molecule has 3 nitrogen and oxygen atoms in total. The molecule has 0 aromatic carbocycles. The first-order valence-electron chi connectivity index (χ1n) is 3.47. The van der Waals surface area contributed by atoms with Crippen molar-refractivity contribution in [2.45, 2.75) is 6.04 Å². The van der Waals surface area contributed by atoms with E-state index in [0.717, 1.165) is 0 Å². The lowest BCUT2D eigenvalue weighted by Crippen LogP contribution is -2.23. The summed E-state index contributed by atoms with van der Waals surface area (Å²) in [7, 11) is 0. The van der Waals surface area contributed by atoms with E-state index in [2.05, 4.69) is 9.98 Å². The second-order valence-electron chi connectivity index (χ2n) is 2.49. The van der Waals surface area contributed by atoms with E-state index in [9.17, 15) is 4.79 Å². The fourth-order valence-corrected chi connectivity index (χ4v) is 1.27. The fourth-order valence-electron chi connectivity index (χ4n) is 1.08. The first-order chi connectivity index (χ1) is 5.75. The maximum Gasteiger partial charge on any atom is 0.288 e. The molecule has 1 aliphatic heterocycles.